The lowest BCUT2D eigenvalue weighted by atomic mass is 9.72. The first-order valence-corrected chi connectivity index (χ1v) is 9.86. The van der Waals surface area contributed by atoms with E-state index in [4.69, 9.17) is 5.11 Å². The molecule has 1 aromatic rings. The second-order valence-corrected chi connectivity index (χ2v) is 7.99. The molecular formula is C21H25N3O5. The van der Waals surface area contributed by atoms with Crippen molar-refractivity contribution in [2.45, 2.75) is 31.4 Å². The summed E-state index contributed by atoms with van der Waals surface area (Å²) >= 11 is 0. The summed E-state index contributed by atoms with van der Waals surface area (Å²) in [7, 11) is 1.89. The third-order valence-electron chi connectivity index (χ3n) is 6.26. The number of rotatable bonds is 5. The maximum atomic E-state index is 13.1. The SMILES string of the molecule is CCN(CCC(=O)O)C(=O)C1C=C2c3cccc4c3C(O)(CC2N(C)C1)C(=O)N4. The number of aliphatic carboxylic acids is 1. The van der Waals surface area contributed by atoms with E-state index in [0.29, 0.717) is 24.3 Å². The van der Waals surface area contributed by atoms with Crippen LogP contribution in [0.3, 0.4) is 0 Å². The van der Waals surface area contributed by atoms with Gasteiger partial charge in [-0.3, -0.25) is 19.3 Å². The van der Waals surface area contributed by atoms with Crippen LogP contribution in [0.25, 0.3) is 5.57 Å². The molecule has 0 radical (unpaired) electrons. The molecule has 3 aliphatic rings. The molecule has 8 heteroatoms. The molecule has 0 aromatic heterocycles. The lowest BCUT2D eigenvalue weighted by Crippen LogP contribution is -2.52. The second kappa shape index (κ2) is 6.96. The predicted molar refractivity (Wildman–Crippen MR) is 106 cm³/mol. The van der Waals surface area contributed by atoms with E-state index in [1.807, 2.05) is 37.1 Å². The third kappa shape index (κ3) is 3.03. The first-order valence-electron chi connectivity index (χ1n) is 9.86. The fourth-order valence-corrected chi connectivity index (χ4v) is 4.79. The van der Waals surface area contributed by atoms with Crippen molar-refractivity contribution in [1.29, 1.82) is 0 Å². The smallest absolute Gasteiger partial charge is 0.305 e. The van der Waals surface area contributed by atoms with Gasteiger partial charge in [0.05, 0.1) is 12.3 Å². The molecule has 2 amide bonds. The minimum Gasteiger partial charge on any atom is -0.481 e. The Morgan fingerprint density at radius 2 is 2.14 bits per heavy atom. The van der Waals surface area contributed by atoms with Crippen LogP contribution in [0.15, 0.2) is 24.3 Å². The Bertz CT molecular complexity index is 927. The maximum Gasteiger partial charge on any atom is 0.305 e. The number of carboxylic acid groups (broad SMARTS) is 1. The summed E-state index contributed by atoms with van der Waals surface area (Å²) in [4.78, 5) is 40.0. The second-order valence-electron chi connectivity index (χ2n) is 7.99. The number of hydrogen-bond donors (Lipinski definition) is 3. The number of nitrogens with zero attached hydrogens (tertiary/aromatic N) is 2. The minimum absolute atomic E-state index is 0.0889. The molecule has 2 aliphatic heterocycles. The van der Waals surface area contributed by atoms with Crippen molar-refractivity contribution in [2.24, 2.45) is 5.92 Å². The van der Waals surface area contributed by atoms with E-state index in [1.165, 1.54) is 0 Å². The Morgan fingerprint density at radius 1 is 1.38 bits per heavy atom. The van der Waals surface area contributed by atoms with Gasteiger partial charge in [-0.15, -0.1) is 0 Å². The van der Waals surface area contributed by atoms with Gasteiger partial charge in [0.25, 0.3) is 5.91 Å². The first kappa shape index (κ1) is 19.6. The minimum atomic E-state index is -1.56. The van der Waals surface area contributed by atoms with Gasteiger partial charge in [-0.1, -0.05) is 18.2 Å². The highest BCUT2D eigenvalue weighted by atomic mass is 16.4. The standard InChI is InChI=1S/C21H25N3O5/c1-3-24(8-7-17(25)26)19(27)12-9-14-13-5-4-6-15-18(13)21(29,20(28)22-15)10-16(14)23(2)11-12/h4-6,9,12,16,29H,3,7-8,10-11H2,1-2H3,(H,22,28)(H,25,26). The van der Waals surface area contributed by atoms with Gasteiger partial charge >= 0.3 is 5.97 Å². The number of anilines is 1. The van der Waals surface area contributed by atoms with Crippen molar-refractivity contribution >= 4 is 29.0 Å². The summed E-state index contributed by atoms with van der Waals surface area (Å²) in [5.74, 6) is -1.85. The number of hydrogen-bond acceptors (Lipinski definition) is 5. The number of carbonyl (C=O) groups excluding carboxylic acids is 2. The molecule has 2 heterocycles. The molecule has 0 bridgehead atoms. The largest absolute Gasteiger partial charge is 0.481 e. The van der Waals surface area contributed by atoms with E-state index in [0.717, 1.165) is 11.1 Å². The van der Waals surface area contributed by atoms with Crippen LogP contribution < -0.4 is 5.32 Å². The van der Waals surface area contributed by atoms with E-state index in [1.54, 1.807) is 11.0 Å². The zero-order chi connectivity index (χ0) is 20.9. The quantitative estimate of drug-likeness (QED) is 0.678. The Kier molecular flexibility index (Phi) is 4.71. The number of carboxylic acids is 1. The Balaban J connectivity index is 1.71. The molecule has 0 saturated carbocycles. The van der Waals surface area contributed by atoms with E-state index < -0.39 is 23.4 Å². The number of likely N-dealkylation sites (N-methyl/N-ethyl adjacent to an activating group) is 1. The summed E-state index contributed by atoms with van der Waals surface area (Å²) in [6.07, 6.45) is 2.09. The molecule has 0 fully saturated rings. The lowest BCUT2D eigenvalue weighted by Gasteiger charge is -2.44. The van der Waals surface area contributed by atoms with Gasteiger partial charge < -0.3 is 20.4 Å². The molecule has 0 spiro atoms. The molecule has 29 heavy (non-hydrogen) atoms. The van der Waals surface area contributed by atoms with Gasteiger partial charge in [-0.2, -0.15) is 0 Å². The summed E-state index contributed by atoms with van der Waals surface area (Å²) in [5.41, 5.74) is 1.37. The lowest BCUT2D eigenvalue weighted by molar-refractivity contribution is -0.140. The van der Waals surface area contributed by atoms with Crippen molar-refractivity contribution < 1.29 is 24.6 Å². The van der Waals surface area contributed by atoms with Gasteiger partial charge in [0.2, 0.25) is 5.91 Å². The molecule has 1 aromatic carbocycles. The van der Waals surface area contributed by atoms with Crippen molar-refractivity contribution in [3.8, 4) is 0 Å². The number of nitrogens with one attached hydrogen (secondary N) is 1. The highest BCUT2D eigenvalue weighted by molar-refractivity contribution is 6.08. The van der Waals surface area contributed by atoms with Crippen LogP contribution in [-0.4, -0.2) is 70.5 Å². The molecule has 3 N–H and O–H groups in total. The molecular weight excluding hydrogens is 374 g/mol. The van der Waals surface area contributed by atoms with Gasteiger partial charge in [0.1, 0.15) is 0 Å². The predicted octanol–water partition coefficient (Wildman–Crippen LogP) is 0.867. The molecule has 3 unspecified atom stereocenters. The molecule has 4 rings (SSSR count). The van der Waals surface area contributed by atoms with E-state index in [-0.39, 0.29) is 31.3 Å². The number of benzene rings is 1. The van der Waals surface area contributed by atoms with Gasteiger partial charge in [-0.25, -0.2) is 0 Å². The van der Waals surface area contributed by atoms with E-state index >= 15 is 0 Å². The summed E-state index contributed by atoms with van der Waals surface area (Å²) in [6, 6.07) is 5.31. The number of fused-ring (bicyclic) bond motifs is 2. The average Bonchev–Trinajstić information content (AvgIpc) is 2.94. The fraction of sp³-hybridized carbons (Fsp3) is 0.476. The highest BCUT2D eigenvalue weighted by Gasteiger charge is 2.53. The van der Waals surface area contributed by atoms with Crippen molar-refractivity contribution in [3.63, 3.8) is 0 Å². The fourth-order valence-electron chi connectivity index (χ4n) is 4.79. The Morgan fingerprint density at radius 3 is 2.83 bits per heavy atom. The summed E-state index contributed by atoms with van der Waals surface area (Å²) < 4.78 is 0. The van der Waals surface area contributed by atoms with Crippen LogP contribution in [0.1, 0.15) is 30.9 Å². The Hall–Kier alpha value is -2.71. The van der Waals surface area contributed by atoms with Crippen LogP contribution in [0.4, 0.5) is 5.69 Å². The average molecular weight is 399 g/mol. The highest BCUT2D eigenvalue weighted by Crippen LogP contribution is 2.51. The molecule has 154 valence electrons. The zero-order valence-electron chi connectivity index (χ0n) is 16.5. The van der Waals surface area contributed by atoms with Gasteiger partial charge in [0, 0.05) is 43.3 Å². The third-order valence-corrected chi connectivity index (χ3v) is 6.26. The summed E-state index contributed by atoms with van der Waals surface area (Å²) in [5, 5.41) is 22.8. The summed E-state index contributed by atoms with van der Waals surface area (Å²) in [6.45, 7) is 2.90. The molecule has 0 saturated heterocycles. The van der Waals surface area contributed by atoms with E-state index in [2.05, 4.69) is 5.32 Å². The van der Waals surface area contributed by atoms with Crippen LogP contribution in [0.5, 0.6) is 0 Å². The van der Waals surface area contributed by atoms with Crippen LogP contribution in [0.2, 0.25) is 0 Å². The first-order chi connectivity index (χ1) is 13.8. The monoisotopic (exact) mass is 399 g/mol. The number of amides is 2. The van der Waals surface area contributed by atoms with Crippen molar-refractivity contribution in [1.82, 2.24) is 9.80 Å². The van der Waals surface area contributed by atoms with Crippen molar-refractivity contribution in [2.75, 3.05) is 32.0 Å². The van der Waals surface area contributed by atoms with Crippen LogP contribution >= 0.6 is 0 Å². The van der Waals surface area contributed by atoms with E-state index in [9.17, 15) is 19.5 Å². The Labute approximate surface area is 168 Å². The number of carbonyl (C=O) groups is 3. The van der Waals surface area contributed by atoms with Gasteiger partial charge in [0.15, 0.2) is 5.60 Å². The van der Waals surface area contributed by atoms with Crippen LogP contribution in [0, 0.1) is 5.92 Å². The number of aliphatic hydroxyl groups is 1. The van der Waals surface area contributed by atoms with Crippen molar-refractivity contribution in [3.05, 3.63) is 35.4 Å². The molecule has 3 atom stereocenters. The van der Waals surface area contributed by atoms with Gasteiger partial charge in [-0.05, 0) is 31.2 Å². The maximum absolute atomic E-state index is 13.1. The zero-order valence-corrected chi connectivity index (χ0v) is 16.5. The normalized spacial score (nSPS) is 27.6. The molecule has 1 aliphatic carbocycles. The topological polar surface area (TPSA) is 110 Å². The van der Waals surface area contributed by atoms with Crippen LogP contribution in [-0.2, 0) is 20.0 Å². The molecule has 8 nitrogen and oxygen atoms in total.